The van der Waals surface area contributed by atoms with Gasteiger partial charge >= 0.3 is 5.91 Å². The molecule has 0 radical (unpaired) electrons. The van der Waals surface area contributed by atoms with Crippen molar-refractivity contribution in [1.82, 2.24) is 0 Å². The van der Waals surface area contributed by atoms with Gasteiger partial charge in [0, 0.05) is 18.6 Å². The van der Waals surface area contributed by atoms with E-state index in [1.54, 1.807) is 48.8 Å². The monoisotopic (exact) mass is 256 g/mol. The molecular weight excluding hydrogens is 242 g/mol. The van der Waals surface area contributed by atoms with Crippen LogP contribution in [0.5, 0.6) is 0 Å². The minimum Gasteiger partial charge on any atom is -0.321 e. The van der Waals surface area contributed by atoms with Crippen LogP contribution < -0.4 is 15.4 Å². The highest BCUT2D eigenvalue weighted by Crippen LogP contribution is 2.01. The number of pyridine rings is 1. The molecule has 1 aromatic heterocycles. The van der Waals surface area contributed by atoms with E-state index in [4.69, 9.17) is 0 Å². The molecule has 2 N–H and O–H groups in total. The highest BCUT2D eigenvalue weighted by Gasteiger charge is 2.10. The molecular formula is C14H14N3O2+. The molecule has 1 aromatic carbocycles. The van der Waals surface area contributed by atoms with Gasteiger partial charge in [0.05, 0.1) is 0 Å². The predicted molar refractivity (Wildman–Crippen MR) is 71.1 cm³/mol. The Hall–Kier alpha value is -2.69. The lowest BCUT2D eigenvalue weighted by atomic mass is 10.2. The second-order valence-corrected chi connectivity index (χ2v) is 3.99. The van der Waals surface area contributed by atoms with Crippen LogP contribution >= 0.6 is 0 Å². The summed E-state index contributed by atoms with van der Waals surface area (Å²) in [5.41, 5.74) is 3.88. The number of nitrogens with zero attached hydrogens (tertiary/aromatic N) is 1. The van der Waals surface area contributed by atoms with Crippen LogP contribution in [0.15, 0.2) is 54.9 Å². The molecule has 2 rings (SSSR count). The van der Waals surface area contributed by atoms with Gasteiger partial charge in [0.2, 0.25) is 12.1 Å². The molecule has 5 nitrogen and oxygen atoms in total. The third kappa shape index (κ3) is 3.64. The van der Waals surface area contributed by atoms with Gasteiger partial charge in [-0.25, -0.2) is 0 Å². The van der Waals surface area contributed by atoms with E-state index in [0.717, 1.165) is 0 Å². The smallest absolute Gasteiger partial charge is 0.305 e. The first-order valence-electron chi connectivity index (χ1n) is 5.80. The van der Waals surface area contributed by atoms with E-state index in [0.29, 0.717) is 11.3 Å². The molecule has 0 fully saturated rings. The fourth-order valence-electron chi connectivity index (χ4n) is 1.59. The van der Waals surface area contributed by atoms with Crippen molar-refractivity contribution in [1.29, 1.82) is 0 Å². The standard InChI is InChI=1S/C14H13N3O2/c1-11(18)15-13-8-5-9-17(10-13)16-14(19)12-6-3-2-4-7-12/h2-10H,1H3,(H-,15,16,18,19)/p+1. The first kappa shape index (κ1) is 12.8. The zero-order valence-corrected chi connectivity index (χ0v) is 10.5. The number of anilines is 1. The summed E-state index contributed by atoms with van der Waals surface area (Å²) in [7, 11) is 0. The second kappa shape index (κ2) is 5.77. The van der Waals surface area contributed by atoms with Crippen molar-refractivity contribution < 1.29 is 14.3 Å². The van der Waals surface area contributed by atoms with Gasteiger partial charge in [0.15, 0.2) is 6.20 Å². The third-order valence-corrected chi connectivity index (χ3v) is 2.39. The van der Waals surface area contributed by atoms with Gasteiger partial charge in [0.25, 0.3) is 0 Å². The Balaban J connectivity index is 2.11. The molecule has 2 aromatic rings. The Bertz CT molecular complexity index is 597. The molecule has 5 heteroatoms. The zero-order valence-electron chi connectivity index (χ0n) is 10.5. The molecule has 0 aliphatic rings. The molecule has 19 heavy (non-hydrogen) atoms. The van der Waals surface area contributed by atoms with Crippen LogP contribution in [-0.4, -0.2) is 11.8 Å². The van der Waals surface area contributed by atoms with Crippen LogP contribution in [0.25, 0.3) is 0 Å². The molecule has 0 spiro atoms. The molecule has 0 aliphatic carbocycles. The summed E-state index contributed by atoms with van der Waals surface area (Å²) >= 11 is 0. The Labute approximate surface area is 110 Å². The number of carbonyl (C=O) groups excluding carboxylic acids is 2. The van der Waals surface area contributed by atoms with Crippen molar-refractivity contribution >= 4 is 17.5 Å². The largest absolute Gasteiger partial charge is 0.321 e. The molecule has 0 saturated heterocycles. The first-order chi connectivity index (χ1) is 9.15. The highest BCUT2D eigenvalue weighted by molar-refractivity contribution is 5.98. The van der Waals surface area contributed by atoms with Crippen molar-refractivity contribution in [2.45, 2.75) is 6.92 Å². The topological polar surface area (TPSA) is 62.1 Å². The van der Waals surface area contributed by atoms with Crippen molar-refractivity contribution in [2.24, 2.45) is 0 Å². The third-order valence-electron chi connectivity index (χ3n) is 2.39. The Kier molecular flexibility index (Phi) is 3.87. The van der Waals surface area contributed by atoms with Crippen LogP contribution in [0.4, 0.5) is 5.69 Å². The maximum absolute atomic E-state index is 11.9. The normalized spacial score (nSPS) is 9.74. The Morgan fingerprint density at radius 2 is 1.79 bits per heavy atom. The number of amides is 2. The second-order valence-electron chi connectivity index (χ2n) is 3.99. The van der Waals surface area contributed by atoms with Crippen molar-refractivity contribution in [3.05, 3.63) is 60.4 Å². The van der Waals surface area contributed by atoms with Gasteiger partial charge in [-0.3, -0.25) is 9.59 Å². The lowest BCUT2D eigenvalue weighted by molar-refractivity contribution is -0.640. The predicted octanol–water partition coefficient (Wildman–Crippen LogP) is 1.32. The van der Waals surface area contributed by atoms with Crippen molar-refractivity contribution in [3.8, 4) is 0 Å². The van der Waals surface area contributed by atoms with Crippen molar-refractivity contribution in [3.63, 3.8) is 0 Å². The summed E-state index contributed by atoms with van der Waals surface area (Å²) in [5.74, 6) is -0.377. The van der Waals surface area contributed by atoms with E-state index in [2.05, 4.69) is 10.7 Å². The van der Waals surface area contributed by atoms with E-state index in [1.165, 1.54) is 11.6 Å². The average molecular weight is 256 g/mol. The number of hydrogen-bond acceptors (Lipinski definition) is 2. The summed E-state index contributed by atoms with van der Waals surface area (Å²) in [6.45, 7) is 1.43. The molecule has 1 heterocycles. The van der Waals surface area contributed by atoms with Gasteiger partial charge < -0.3 is 5.32 Å². The number of carbonyl (C=O) groups is 2. The lowest BCUT2D eigenvalue weighted by Gasteiger charge is -2.02. The molecule has 0 aliphatic heterocycles. The molecule has 0 atom stereocenters. The maximum Gasteiger partial charge on any atom is 0.305 e. The summed E-state index contributed by atoms with van der Waals surface area (Å²) in [6.07, 6.45) is 3.31. The van der Waals surface area contributed by atoms with E-state index in [9.17, 15) is 9.59 Å². The SMILES string of the molecule is CC(=O)Nc1ccc[n+](NC(=O)c2ccccc2)c1. The zero-order chi connectivity index (χ0) is 13.7. The highest BCUT2D eigenvalue weighted by atomic mass is 16.2. The number of nitrogens with one attached hydrogen (secondary N) is 2. The lowest BCUT2D eigenvalue weighted by Crippen LogP contribution is -2.47. The molecule has 96 valence electrons. The van der Waals surface area contributed by atoms with Gasteiger partial charge in [-0.15, -0.1) is 5.43 Å². The van der Waals surface area contributed by atoms with Crippen LogP contribution in [0.2, 0.25) is 0 Å². The van der Waals surface area contributed by atoms with Crippen LogP contribution in [0.3, 0.4) is 0 Å². The van der Waals surface area contributed by atoms with Crippen LogP contribution in [0.1, 0.15) is 17.3 Å². The number of aromatic nitrogens is 1. The van der Waals surface area contributed by atoms with Crippen LogP contribution in [0, 0.1) is 0 Å². The van der Waals surface area contributed by atoms with E-state index < -0.39 is 0 Å². The Morgan fingerprint density at radius 1 is 1.05 bits per heavy atom. The van der Waals surface area contributed by atoms with Crippen molar-refractivity contribution in [2.75, 3.05) is 10.7 Å². The number of rotatable bonds is 3. The first-order valence-corrected chi connectivity index (χ1v) is 5.80. The minimum absolute atomic E-state index is 0.160. The van der Waals surface area contributed by atoms with Crippen LogP contribution in [-0.2, 0) is 4.79 Å². The molecule has 0 saturated carbocycles. The minimum atomic E-state index is -0.217. The van der Waals surface area contributed by atoms with E-state index >= 15 is 0 Å². The maximum atomic E-state index is 11.9. The summed E-state index contributed by atoms with van der Waals surface area (Å²) < 4.78 is 1.50. The van der Waals surface area contributed by atoms with E-state index in [1.807, 2.05) is 6.07 Å². The van der Waals surface area contributed by atoms with Gasteiger partial charge in [-0.2, -0.15) is 0 Å². The van der Waals surface area contributed by atoms with Gasteiger partial charge in [-0.1, -0.05) is 22.9 Å². The molecule has 0 bridgehead atoms. The number of hydrogen-bond donors (Lipinski definition) is 2. The summed E-state index contributed by atoms with van der Waals surface area (Å²) in [5, 5.41) is 2.65. The quantitative estimate of drug-likeness (QED) is 0.813. The fraction of sp³-hybridized carbons (Fsp3) is 0.0714. The number of benzene rings is 1. The van der Waals surface area contributed by atoms with Gasteiger partial charge in [0.1, 0.15) is 5.69 Å². The average Bonchev–Trinajstić information content (AvgIpc) is 2.39. The summed E-state index contributed by atoms with van der Waals surface area (Å²) in [4.78, 5) is 22.9. The summed E-state index contributed by atoms with van der Waals surface area (Å²) in [6, 6.07) is 12.4. The van der Waals surface area contributed by atoms with E-state index in [-0.39, 0.29) is 11.8 Å². The molecule has 2 amide bonds. The molecule has 0 unspecified atom stereocenters. The Morgan fingerprint density at radius 3 is 2.47 bits per heavy atom. The fourth-order valence-corrected chi connectivity index (χ4v) is 1.59. The van der Waals surface area contributed by atoms with Gasteiger partial charge in [-0.05, 0) is 18.2 Å².